The van der Waals surface area contributed by atoms with Gasteiger partial charge in [-0.2, -0.15) is 9.41 Å². The highest BCUT2D eigenvalue weighted by molar-refractivity contribution is 7.89. The van der Waals surface area contributed by atoms with E-state index in [2.05, 4.69) is 15.8 Å². The number of amides is 2. The lowest BCUT2D eigenvalue weighted by molar-refractivity contribution is -0.121. The van der Waals surface area contributed by atoms with Crippen molar-refractivity contribution in [2.45, 2.75) is 18.7 Å². The first kappa shape index (κ1) is 24.8. The third kappa shape index (κ3) is 6.79. The van der Waals surface area contributed by atoms with Crippen molar-refractivity contribution in [1.29, 1.82) is 0 Å². The van der Waals surface area contributed by atoms with Gasteiger partial charge < -0.3 is 14.8 Å². The third-order valence-corrected chi connectivity index (χ3v) is 5.96. The van der Waals surface area contributed by atoms with Crippen molar-refractivity contribution in [1.82, 2.24) is 9.73 Å². The van der Waals surface area contributed by atoms with Crippen molar-refractivity contribution in [3.8, 4) is 11.5 Å². The topological polar surface area (TPSA) is 126 Å². The number of hydrogen-bond donors (Lipinski definition) is 2. The van der Waals surface area contributed by atoms with Gasteiger partial charge in [0.25, 0.3) is 5.91 Å². The van der Waals surface area contributed by atoms with Gasteiger partial charge in [0.2, 0.25) is 15.9 Å². The summed E-state index contributed by atoms with van der Waals surface area (Å²) in [5.74, 6) is 0.240. The molecule has 0 fully saturated rings. The number of methoxy groups -OCH3 is 1. The fourth-order valence-electron chi connectivity index (χ4n) is 2.63. The summed E-state index contributed by atoms with van der Waals surface area (Å²) in [6.45, 7) is 3.28. The normalized spacial score (nSPS) is 11.4. The van der Waals surface area contributed by atoms with Gasteiger partial charge in [-0.25, -0.2) is 13.8 Å². The quantitative estimate of drug-likeness (QED) is 0.410. The van der Waals surface area contributed by atoms with Crippen LogP contribution in [0.3, 0.4) is 0 Å². The second-order valence-corrected chi connectivity index (χ2v) is 8.65. The van der Waals surface area contributed by atoms with Crippen LogP contribution in [-0.4, -0.2) is 58.1 Å². The van der Waals surface area contributed by atoms with Gasteiger partial charge in [-0.05, 0) is 55.0 Å². The number of nitrogens with one attached hydrogen (secondary N) is 2. The molecule has 32 heavy (non-hydrogen) atoms. The van der Waals surface area contributed by atoms with Crippen molar-refractivity contribution in [3.63, 3.8) is 0 Å². The number of sulfonamides is 1. The highest BCUT2D eigenvalue weighted by atomic mass is 32.2. The molecule has 2 aromatic carbocycles. The van der Waals surface area contributed by atoms with Gasteiger partial charge in [0.1, 0.15) is 0 Å². The Hall–Kier alpha value is -3.44. The fourth-order valence-corrected chi connectivity index (χ4v) is 3.76. The molecule has 2 aromatic rings. The van der Waals surface area contributed by atoms with E-state index in [1.54, 1.807) is 18.2 Å². The molecular weight excluding hydrogens is 436 g/mol. The summed E-state index contributed by atoms with van der Waals surface area (Å²) in [6, 6.07) is 10.8. The average molecular weight is 463 g/mol. The molecule has 0 aliphatic rings. The van der Waals surface area contributed by atoms with Gasteiger partial charge >= 0.3 is 0 Å². The summed E-state index contributed by atoms with van der Waals surface area (Å²) in [7, 11) is -1.09. The lowest BCUT2D eigenvalue weighted by Crippen LogP contribution is -2.36. The Kier molecular flexibility index (Phi) is 8.73. The number of likely N-dealkylation sites (N-methyl/N-ethyl adjacent to an activating group) is 1. The number of rotatable bonds is 10. The minimum Gasteiger partial charge on any atom is -0.493 e. The predicted octanol–water partition coefficient (Wildman–Crippen LogP) is 1.82. The smallest absolute Gasteiger partial charge is 0.255 e. The van der Waals surface area contributed by atoms with E-state index in [9.17, 15) is 18.0 Å². The number of carbonyl (C=O) groups excluding carboxylic acids is 2. The molecule has 0 aliphatic carbocycles. The van der Waals surface area contributed by atoms with Crippen LogP contribution in [0.4, 0.5) is 5.69 Å². The number of benzene rings is 2. The van der Waals surface area contributed by atoms with Crippen molar-refractivity contribution in [2.75, 3.05) is 32.6 Å². The molecule has 0 saturated carbocycles. The zero-order valence-corrected chi connectivity index (χ0v) is 19.1. The Balaban J connectivity index is 1.97. The summed E-state index contributed by atoms with van der Waals surface area (Å²) < 4.78 is 36.9. The minimum absolute atomic E-state index is 0.00751. The Morgan fingerprint density at radius 3 is 2.41 bits per heavy atom. The zero-order valence-electron chi connectivity index (χ0n) is 18.3. The fraction of sp³-hybridized carbons (Fsp3) is 0.286. The van der Waals surface area contributed by atoms with Gasteiger partial charge in [-0.3, -0.25) is 9.59 Å². The molecule has 2 amide bonds. The van der Waals surface area contributed by atoms with Crippen molar-refractivity contribution < 1.29 is 27.5 Å². The maximum absolute atomic E-state index is 12.6. The maximum Gasteiger partial charge on any atom is 0.255 e. The van der Waals surface area contributed by atoms with Crippen LogP contribution in [0, 0.1) is 0 Å². The van der Waals surface area contributed by atoms with Crippen molar-refractivity contribution in [2.24, 2.45) is 5.10 Å². The van der Waals surface area contributed by atoms with Crippen LogP contribution in [0.2, 0.25) is 0 Å². The molecule has 2 rings (SSSR count). The zero-order chi connectivity index (χ0) is 23.7. The lowest BCUT2D eigenvalue weighted by atomic mass is 10.2. The predicted molar refractivity (Wildman–Crippen MR) is 120 cm³/mol. The summed E-state index contributed by atoms with van der Waals surface area (Å²) in [6.07, 6.45) is 1.41. The maximum atomic E-state index is 12.6. The van der Waals surface area contributed by atoms with E-state index in [0.29, 0.717) is 29.4 Å². The van der Waals surface area contributed by atoms with Gasteiger partial charge in [0.05, 0.1) is 31.4 Å². The van der Waals surface area contributed by atoms with Crippen LogP contribution in [-0.2, 0) is 19.6 Å². The Morgan fingerprint density at radius 1 is 1.12 bits per heavy atom. The third-order valence-electron chi connectivity index (χ3n) is 4.14. The molecule has 10 nitrogen and oxygen atoms in total. The number of anilines is 1. The Morgan fingerprint density at radius 2 is 1.81 bits per heavy atom. The lowest BCUT2D eigenvalue weighted by Gasteiger charge is -2.16. The standard InChI is InChI=1S/C21H26N4O6S/c1-5-31-19-11-6-16(12-20(19)30-4)13-22-24-21(27)14-25(3)32(28,29)18-9-7-17(8-10-18)23-15(2)26/h6-13H,5,14H2,1-4H3,(H,23,26)(H,24,27)/b22-13-. The molecule has 0 unspecified atom stereocenters. The van der Waals surface area contributed by atoms with E-state index in [1.807, 2.05) is 6.92 Å². The van der Waals surface area contributed by atoms with E-state index in [0.717, 1.165) is 4.31 Å². The Bertz CT molecular complexity index is 1080. The molecule has 0 aromatic heterocycles. The second-order valence-electron chi connectivity index (χ2n) is 6.60. The summed E-state index contributed by atoms with van der Waals surface area (Å²) >= 11 is 0. The van der Waals surface area contributed by atoms with Crippen LogP contribution >= 0.6 is 0 Å². The van der Waals surface area contributed by atoms with Crippen molar-refractivity contribution >= 4 is 33.7 Å². The van der Waals surface area contributed by atoms with Crippen LogP contribution in [0.5, 0.6) is 11.5 Å². The van der Waals surface area contributed by atoms with Gasteiger partial charge in [-0.15, -0.1) is 0 Å². The summed E-state index contributed by atoms with van der Waals surface area (Å²) in [5.41, 5.74) is 3.43. The monoisotopic (exact) mass is 462 g/mol. The number of hydrogen-bond acceptors (Lipinski definition) is 7. The Labute approximate surface area is 187 Å². The van der Waals surface area contributed by atoms with Crippen LogP contribution in [0.25, 0.3) is 0 Å². The first-order chi connectivity index (χ1) is 15.2. The average Bonchev–Trinajstić information content (AvgIpc) is 2.74. The SMILES string of the molecule is CCOc1ccc(/C=N\NC(=O)CN(C)S(=O)(=O)c2ccc(NC(C)=O)cc2)cc1OC. The number of hydrazone groups is 1. The second kappa shape index (κ2) is 11.3. The molecule has 0 saturated heterocycles. The van der Waals surface area contributed by atoms with Gasteiger partial charge in [0.15, 0.2) is 11.5 Å². The molecule has 0 spiro atoms. The molecule has 0 radical (unpaired) electrons. The van der Waals surface area contributed by atoms with E-state index < -0.39 is 22.5 Å². The van der Waals surface area contributed by atoms with Gasteiger partial charge in [-0.1, -0.05) is 0 Å². The highest BCUT2D eigenvalue weighted by Gasteiger charge is 2.22. The molecule has 172 valence electrons. The first-order valence-electron chi connectivity index (χ1n) is 9.64. The van der Waals surface area contributed by atoms with E-state index >= 15 is 0 Å². The number of ether oxygens (including phenoxy) is 2. The number of nitrogens with zero attached hydrogens (tertiary/aromatic N) is 2. The van der Waals surface area contributed by atoms with E-state index in [-0.39, 0.29) is 10.8 Å². The summed E-state index contributed by atoms with van der Waals surface area (Å²) in [4.78, 5) is 23.2. The first-order valence-corrected chi connectivity index (χ1v) is 11.1. The van der Waals surface area contributed by atoms with Crippen molar-refractivity contribution in [3.05, 3.63) is 48.0 Å². The van der Waals surface area contributed by atoms with E-state index in [4.69, 9.17) is 9.47 Å². The largest absolute Gasteiger partial charge is 0.493 e. The number of carbonyl (C=O) groups is 2. The van der Waals surface area contributed by atoms with Crippen LogP contribution in [0.1, 0.15) is 19.4 Å². The molecule has 2 N–H and O–H groups in total. The van der Waals surface area contributed by atoms with E-state index in [1.165, 1.54) is 51.6 Å². The molecule has 0 aliphatic heterocycles. The van der Waals surface area contributed by atoms with Gasteiger partial charge in [0, 0.05) is 19.7 Å². The summed E-state index contributed by atoms with van der Waals surface area (Å²) in [5, 5.41) is 6.41. The molecular formula is C21H26N4O6S. The molecule has 0 atom stereocenters. The molecule has 0 heterocycles. The highest BCUT2D eigenvalue weighted by Crippen LogP contribution is 2.27. The van der Waals surface area contributed by atoms with Crippen LogP contribution in [0.15, 0.2) is 52.5 Å². The minimum atomic E-state index is -3.90. The molecule has 0 bridgehead atoms. The molecule has 11 heteroatoms. The van der Waals surface area contributed by atoms with Crippen LogP contribution < -0.4 is 20.2 Å².